The summed E-state index contributed by atoms with van der Waals surface area (Å²) >= 11 is 1.95. The molecule has 1 aliphatic rings. The third-order valence-electron chi connectivity index (χ3n) is 3.68. The van der Waals surface area contributed by atoms with E-state index in [4.69, 9.17) is 9.26 Å². The van der Waals surface area contributed by atoms with Crippen LogP contribution in [0.3, 0.4) is 0 Å². The molecular formula is C15H18N4O3S. The molecule has 1 saturated heterocycles. The number of nitrogens with zero attached hydrogens (tertiary/aromatic N) is 3. The van der Waals surface area contributed by atoms with E-state index in [0.717, 1.165) is 30.2 Å². The number of carbonyl (C=O) groups is 1. The zero-order valence-electron chi connectivity index (χ0n) is 12.8. The van der Waals surface area contributed by atoms with Crippen LogP contribution in [0.25, 0.3) is 0 Å². The van der Waals surface area contributed by atoms with Crippen LogP contribution in [0.5, 0.6) is 5.88 Å². The van der Waals surface area contributed by atoms with Gasteiger partial charge in [-0.05, 0) is 36.5 Å². The normalized spacial score (nSPS) is 15.3. The zero-order valence-corrected chi connectivity index (χ0v) is 13.6. The quantitative estimate of drug-likeness (QED) is 0.894. The number of nitrogens with one attached hydrogen (secondary N) is 1. The van der Waals surface area contributed by atoms with Gasteiger partial charge in [0.25, 0.3) is 5.91 Å². The minimum absolute atomic E-state index is 0.186. The molecule has 1 fully saturated rings. The summed E-state index contributed by atoms with van der Waals surface area (Å²) in [5.74, 6) is 3.78. The molecule has 1 aliphatic heterocycles. The fraction of sp³-hybridized carbons (Fsp3) is 0.467. The molecule has 0 aliphatic carbocycles. The number of carbonyl (C=O) groups excluding carboxylic acids is 1. The van der Waals surface area contributed by atoms with E-state index in [0.29, 0.717) is 17.4 Å². The van der Waals surface area contributed by atoms with Crippen molar-refractivity contribution < 1.29 is 14.1 Å². The number of methoxy groups -OCH3 is 1. The van der Waals surface area contributed by atoms with Crippen LogP contribution in [0.4, 0.5) is 0 Å². The van der Waals surface area contributed by atoms with Crippen molar-refractivity contribution in [1.29, 1.82) is 0 Å². The standard InChI is InChI=1S/C15H18N4O3S/c1-21-15-11(3-2-6-16-15)14(20)17-9-12-18-13(19-22-12)10-4-7-23-8-5-10/h2-3,6,10H,4-5,7-9H2,1H3,(H,17,20). The van der Waals surface area contributed by atoms with Crippen molar-refractivity contribution in [1.82, 2.24) is 20.4 Å². The molecule has 0 unspecified atom stereocenters. The fourth-order valence-corrected chi connectivity index (χ4v) is 3.55. The molecule has 0 spiro atoms. The number of pyridine rings is 1. The van der Waals surface area contributed by atoms with Crippen molar-refractivity contribution in [2.45, 2.75) is 25.3 Å². The van der Waals surface area contributed by atoms with E-state index in [9.17, 15) is 4.79 Å². The topological polar surface area (TPSA) is 90.1 Å². The van der Waals surface area contributed by atoms with Crippen molar-refractivity contribution in [3.05, 3.63) is 35.6 Å². The van der Waals surface area contributed by atoms with Crippen molar-refractivity contribution in [2.75, 3.05) is 18.6 Å². The van der Waals surface area contributed by atoms with Gasteiger partial charge in [-0.2, -0.15) is 16.7 Å². The van der Waals surface area contributed by atoms with Gasteiger partial charge in [0.05, 0.1) is 13.7 Å². The lowest BCUT2D eigenvalue weighted by molar-refractivity contribution is 0.0942. The summed E-state index contributed by atoms with van der Waals surface area (Å²) in [5.41, 5.74) is 0.374. The SMILES string of the molecule is COc1ncccc1C(=O)NCc1nc(C2CCSCC2)no1. The van der Waals surface area contributed by atoms with Crippen LogP contribution in [0, 0.1) is 0 Å². The minimum Gasteiger partial charge on any atom is -0.480 e. The first-order valence-electron chi connectivity index (χ1n) is 7.45. The van der Waals surface area contributed by atoms with E-state index < -0.39 is 0 Å². The molecule has 0 saturated carbocycles. The Morgan fingerprint density at radius 3 is 3.09 bits per heavy atom. The Labute approximate surface area is 138 Å². The average molecular weight is 334 g/mol. The maximum Gasteiger partial charge on any atom is 0.257 e. The number of amides is 1. The summed E-state index contributed by atoms with van der Waals surface area (Å²) in [6, 6.07) is 3.34. The van der Waals surface area contributed by atoms with Crippen molar-refractivity contribution in [3.63, 3.8) is 0 Å². The second-order valence-electron chi connectivity index (χ2n) is 5.18. The number of aromatic nitrogens is 3. The lowest BCUT2D eigenvalue weighted by Gasteiger charge is -2.17. The van der Waals surface area contributed by atoms with Gasteiger partial charge in [-0.15, -0.1) is 0 Å². The summed E-state index contributed by atoms with van der Waals surface area (Å²) < 4.78 is 10.3. The summed E-state index contributed by atoms with van der Waals surface area (Å²) in [6.07, 6.45) is 3.72. The number of rotatable bonds is 5. The molecule has 3 heterocycles. The Hall–Kier alpha value is -2.09. The first kappa shape index (κ1) is 15.8. The van der Waals surface area contributed by atoms with Gasteiger partial charge < -0.3 is 14.6 Å². The van der Waals surface area contributed by atoms with E-state index >= 15 is 0 Å². The van der Waals surface area contributed by atoms with Crippen LogP contribution in [-0.2, 0) is 6.54 Å². The van der Waals surface area contributed by atoms with Gasteiger partial charge in [-0.1, -0.05) is 5.16 Å². The van der Waals surface area contributed by atoms with Gasteiger partial charge in [0.2, 0.25) is 11.8 Å². The van der Waals surface area contributed by atoms with Crippen molar-refractivity contribution >= 4 is 17.7 Å². The Morgan fingerprint density at radius 2 is 2.30 bits per heavy atom. The molecule has 122 valence electrons. The number of ether oxygens (including phenoxy) is 1. The highest BCUT2D eigenvalue weighted by Crippen LogP contribution is 2.29. The molecular weight excluding hydrogens is 316 g/mol. The summed E-state index contributed by atoms with van der Waals surface area (Å²) in [4.78, 5) is 20.6. The number of hydrogen-bond acceptors (Lipinski definition) is 7. The van der Waals surface area contributed by atoms with E-state index in [2.05, 4.69) is 20.4 Å². The van der Waals surface area contributed by atoms with Gasteiger partial charge in [0.15, 0.2) is 5.82 Å². The number of thioether (sulfide) groups is 1. The molecule has 7 nitrogen and oxygen atoms in total. The van der Waals surface area contributed by atoms with Crippen molar-refractivity contribution in [3.8, 4) is 5.88 Å². The molecule has 0 radical (unpaired) electrons. The van der Waals surface area contributed by atoms with Crippen LogP contribution in [0.15, 0.2) is 22.9 Å². The predicted molar refractivity (Wildman–Crippen MR) is 85.6 cm³/mol. The molecule has 2 aromatic rings. The first-order valence-corrected chi connectivity index (χ1v) is 8.61. The monoisotopic (exact) mass is 334 g/mol. The van der Waals surface area contributed by atoms with Gasteiger partial charge in [0, 0.05) is 12.1 Å². The first-order chi connectivity index (χ1) is 11.3. The van der Waals surface area contributed by atoms with Crippen LogP contribution in [0.2, 0.25) is 0 Å². The molecule has 23 heavy (non-hydrogen) atoms. The van der Waals surface area contributed by atoms with Crippen LogP contribution >= 0.6 is 11.8 Å². The summed E-state index contributed by atoms with van der Waals surface area (Å²) in [7, 11) is 1.48. The molecule has 0 atom stereocenters. The maximum atomic E-state index is 12.2. The summed E-state index contributed by atoms with van der Waals surface area (Å²) in [6.45, 7) is 0.186. The Morgan fingerprint density at radius 1 is 1.48 bits per heavy atom. The molecule has 3 rings (SSSR count). The van der Waals surface area contributed by atoms with E-state index in [1.54, 1.807) is 18.3 Å². The Kier molecular flexibility index (Phi) is 5.12. The van der Waals surface area contributed by atoms with Gasteiger partial charge >= 0.3 is 0 Å². The second-order valence-corrected chi connectivity index (χ2v) is 6.40. The zero-order chi connectivity index (χ0) is 16.1. The second kappa shape index (κ2) is 7.45. The summed E-state index contributed by atoms with van der Waals surface area (Å²) in [5, 5.41) is 6.79. The average Bonchev–Trinajstić information content (AvgIpc) is 3.09. The van der Waals surface area contributed by atoms with Crippen LogP contribution in [-0.4, -0.2) is 39.6 Å². The highest BCUT2D eigenvalue weighted by atomic mass is 32.2. The molecule has 1 N–H and O–H groups in total. The molecule has 0 aromatic carbocycles. The minimum atomic E-state index is -0.288. The maximum absolute atomic E-state index is 12.2. The van der Waals surface area contributed by atoms with Crippen molar-refractivity contribution in [2.24, 2.45) is 0 Å². The number of hydrogen-bond donors (Lipinski definition) is 1. The third-order valence-corrected chi connectivity index (χ3v) is 4.73. The van der Waals surface area contributed by atoms with Gasteiger partial charge in [-0.3, -0.25) is 4.79 Å². The largest absolute Gasteiger partial charge is 0.480 e. The Balaban J connectivity index is 1.60. The third kappa shape index (κ3) is 3.82. The van der Waals surface area contributed by atoms with Crippen LogP contribution in [0.1, 0.15) is 40.8 Å². The smallest absolute Gasteiger partial charge is 0.257 e. The highest BCUT2D eigenvalue weighted by molar-refractivity contribution is 7.99. The highest BCUT2D eigenvalue weighted by Gasteiger charge is 2.21. The fourth-order valence-electron chi connectivity index (χ4n) is 2.44. The predicted octanol–water partition coefficient (Wildman–Crippen LogP) is 2.01. The van der Waals surface area contributed by atoms with E-state index in [1.807, 2.05) is 11.8 Å². The lowest BCUT2D eigenvalue weighted by atomic mass is 10.0. The molecule has 1 amide bonds. The molecule has 0 bridgehead atoms. The molecule has 8 heteroatoms. The van der Waals surface area contributed by atoms with E-state index in [1.165, 1.54) is 7.11 Å². The van der Waals surface area contributed by atoms with Gasteiger partial charge in [0.1, 0.15) is 5.56 Å². The molecule has 2 aromatic heterocycles. The lowest BCUT2D eigenvalue weighted by Crippen LogP contribution is -2.23. The Bertz CT molecular complexity index is 670. The van der Waals surface area contributed by atoms with Gasteiger partial charge in [-0.25, -0.2) is 4.98 Å². The van der Waals surface area contributed by atoms with E-state index in [-0.39, 0.29) is 18.3 Å². The van der Waals surface area contributed by atoms with Crippen LogP contribution < -0.4 is 10.1 Å².